The van der Waals surface area contributed by atoms with Gasteiger partial charge in [0.2, 0.25) is 0 Å². The van der Waals surface area contributed by atoms with Gasteiger partial charge in [-0.2, -0.15) is 0 Å². The van der Waals surface area contributed by atoms with Crippen LogP contribution in [0, 0.1) is 10.1 Å². The van der Waals surface area contributed by atoms with Gasteiger partial charge in [-0.3, -0.25) is 10.1 Å². The smallest absolute Gasteiger partial charge is 0.296 e. The molecule has 0 aliphatic rings. The van der Waals surface area contributed by atoms with Crippen molar-refractivity contribution in [2.45, 2.75) is 0 Å². The Labute approximate surface area is 149 Å². The van der Waals surface area contributed by atoms with Crippen molar-refractivity contribution >= 4 is 34.4 Å². The molecule has 0 aliphatic carbocycles. The summed E-state index contributed by atoms with van der Waals surface area (Å²) in [4.78, 5) is 12.2. The van der Waals surface area contributed by atoms with E-state index in [0.29, 0.717) is 23.8 Å². The zero-order valence-electron chi connectivity index (χ0n) is 13.2. The van der Waals surface area contributed by atoms with Crippen LogP contribution in [-0.2, 0) is 0 Å². The molecule has 0 radical (unpaired) electrons. The van der Waals surface area contributed by atoms with Gasteiger partial charge >= 0.3 is 0 Å². The number of hydrogen-bond acceptors (Lipinski definition) is 7. The van der Waals surface area contributed by atoms with Crippen LogP contribution in [0.3, 0.4) is 0 Å². The van der Waals surface area contributed by atoms with Gasteiger partial charge in [-0.25, -0.2) is 0 Å². The summed E-state index contributed by atoms with van der Waals surface area (Å²) in [5, 5.41) is 37.3. The van der Waals surface area contributed by atoms with E-state index in [9.17, 15) is 10.1 Å². The Bertz CT molecular complexity index is 764. The van der Waals surface area contributed by atoms with Crippen LogP contribution in [0.1, 0.15) is 0 Å². The summed E-state index contributed by atoms with van der Waals surface area (Å²) in [6.45, 7) is 0.593. The molecule has 0 aliphatic heterocycles. The Balaban J connectivity index is 2.25. The number of para-hydroxylation sites is 1. The molecule has 2 N–H and O–H groups in total. The number of nitro benzene ring substituents is 1. The normalized spacial score (nSPS) is 11.0. The van der Waals surface area contributed by atoms with Crippen LogP contribution in [0.4, 0.5) is 22.7 Å². The first-order chi connectivity index (χ1) is 12.1. The van der Waals surface area contributed by atoms with Crippen molar-refractivity contribution in [3.05, 3.63) is 57.6 Å². The molecule has 2 aromatic rings. The zero-order chi connectivity index (χ0) is 18.2. The summed E-state index contributed by atoms with van der Waals surface area (Å²) in [5.41, 5.74) is 1.07. The average Bonchev–Trinajstić information content (AvgIpc) is 2.60. The van der Waals surface area contributed by atoms with E-state index in [0.717, 1.165) is 5.69 Å². The van der Waals surface area contributed by atoms with Gasteiger partial charge in [0, 0.05) is 24.8 Å². The molecule has 0 amide bonds. The van der Waals surface area contributed by atoms with Gasteiger partial charge in [-0.1, -0.05) is 23.7 Å². The van der Waals surface area contributed by atoms with Gasteiger partial charge in [0.1, 0.15) is 5.69 Å². The molecule has 8 nitrogen and oxygen atoms in total. The molecular weight excluding hydrogens is 348 g/mol. The van der Waals surface area contributed by atoms with Crippen molar-refractivity contribution in [3.8, 4) is 0 Å². The lowest BCUT2D eigenvalue weighted by Gasteiger charge is -2.23. The molecular formula is C16H17ClN4O4. The van der Waals surface area contributed by atoms with Crippen LogP contribution in [0.25, 0.3) is 0 Å². The number of benzene rings is 2. The Kier molecular flexibility index (Phi) is 6.81. The Morgan fingerprint density at radius 2 is 1.68 bits per heavy atom. The number of halogens is 1. The van der Waals surface area contributed by atoms with Crippen LogP contribution in [0.2, 0.25) is 5.02 Å². The van der Waals surface area contributed by atoms with E-state index in [1.54, 1.807) is 35.2 Å². The second kappa shape index (κ2) is 9.07. The first kappa shape index (κ1) is 18.8. The summed E-state index contributed by atoms with van der Waals surface area (Å²) >= 11 is 6.20. The van der Waals surface area contributed by atoms with E-state index in [2.05, 4.69) is 10.2 Å². The number of nitro groups is 1. The van der Waals surface area contributed by atoms with Crippen LogP contribution in [0.5, 0.6) is 0 Å². The third-order valence-corrected chi connectivity index (χ3v) is 3.68. The van der Waals surface area contributed by atoms with E-state index < -0.39 is 4.92 Å². The lowest BCUT2D eigenvalue weighted by atomic mass is 10.2. The SMILES string of the molecule is O=[N+]([O-])c1ccccc1N=Nc1ccc(N(CCO)CCO)cc1Cl. The number of hydrogen-bond donors (Lipinski definition) is 2. The predicted molar refractivity (Wildman–Crippen MR) is 95.1 cm³/mol. The highest BCUT2D eigenvalue weighted by Crippen LogP contribution is 2.33. The van der Waals surface area contributed by atoms with E-state index in [1.165, 1.54) is 12.1 Å². The van der Waals surface area contributed by atoms with Gasteiger partial charge < -0.3 is 15.1 Å². The molecule has 0 saturated heterocycles. The summed E-state index contributed by atoms with van der Waals surface area (Å²) in [6.07, 6.45) is 0. The summed E-state index contributed by atoms with van der Waals surface area (Å²) in [7, 11) is 0. The second-order valence-electron chi connectivity index (χ2n) is 5.02. The third-order valence-electron chi connectivity index (χ3n) is 3.38. The van der Waals surface area contributed by atoms with Crippen molar-refractivity contribution in [1.82, 2.24) is 0 Å². The summed E-state index contributed by atoms with van der Waals surface area (Å²) in [5.74, 6) is 0. The van der Waals surface area contributed by atoms with Crippen LogP contribution in [-0.4, -0.2) is 41.4 Å². The number of aliphatic hydroxyl groups is 2. The number of anilines is 1. The minimum atomic E-state index is -0.527. The molecule has 0 unspecified atom stereocenters. The molecule has 9 heteroatoms. The standard InChI is InChI=1S/C16H17ClN4O4/c17-13-11-12(20(7-9-22)8-10-23)5-6-14(13)18-19-15-3-1-2-4-16(15)21(24)25/h1-6,11,22-23H,7-10H2. The highest BCUT2D eigenvalue weighted by Gasteiger charge is 2.12. The van der Waals surface area contributed by atoms with Crippen molar-refractivity contribution in [2.24, 2.45) is 10.2 Å². The van der Waals surface area contributed by atoms with Gasteiger partial charge in [-0.05, 0) is 24.3 Å². The fraction of sp³-hybridized carbons (Fsp3) is 0.250. The highest BCUT2D eigenvalue weighted by atomic mass is 35.5. The van der Waals surface area contributed by atoms with E-state index >= 15 is 0 Å². The van der Waals surface area contributed by atoms with E-state index in [1.807, 2.05) is 0 Å². The van der Waals surface area contributed by atoms with Crippen molar-refractivity contribution < 1.29 is 15.1 Å². The van der Waals surface area contributed by atoms with E-state index in [4.69, 9.17) is 21.8 Å². The molecule has 0 saturated carbocycles. The lowest BCUT2D eigenvalue weighted by Crippen LogP contribution is -2.29. The second-order valence-corrected chi connectivity index (χ2v) is 5.42. The molecule has 0 fully saturated rings. The topological polar surface area (TPSA) is 112 Å². The highest BCUT2D eigenvalue weighted by molar-refractivity contribution is 6.33. The molecule has 0 heterocycles. The molecule has 0 spiro atoms. The molecule has 0 bridgehead atoms. The minimum absolute atomic E-state index is 0.0588. The Hall–Kier alpha value is -2.55. The minimum Gasteiger partial charge on any atom is -0.395 e. The lowest BCUT2D eigenvalue weighted by molar-refractivity contribution is -0.384. The Morgan fingerprint density at radius 3 is 2.28 bits per heavy atom. The molecule has 2 rings (SSSR count). The fourth-order valence-corrected chi connectivity index (χ4v) is 2.41. The molecule has 132 valence electrons. The quantitative estimate of drug-likeness (QED) is 0.423. The van der Waals surface area contributed by atoms with Crippen molar-refractivity contribution in [2.75, 3.05) is 31.2 Å². The van der Waals surface area contributed by atoms with Gasteiger partial charge in [0.15, 0.2) is 5.69 Å². The first-order valence-electron chi connectivity index (χ1n) is 7.48. The van der Waals surface area contributed by atoms with Crippen LogP contribution >= 0.6 is 11.6 Å². The van der Waals surface area contributed by atoms with Gasteiger partial charge in [-0.15, -0.1) is 10.2 Å². The maximum atomic E-state index is 11.0. The predicted octanol–water partition coefficient (Wildman–Crippen LogP) is 3.45. The zero-order valence-corrected chi connectivity index (χ0v) is 14.0. The number of nitrogens with zero attached hydrogens (tertiary/aromatic N) is 4. The monoisotopic (exact) mass is 364 g/mol. The maximum Gasteiger partial charge on any atom is 0.296 e. The van der Waals surface area contributed by atoms with Gasteiger partial charge in [0.05, 0.1) is 23.2 Å². The Morgan fingerprint density at radius 1 is 1.04 bits per heavy atom. The third kappa shape index (κ3) is 4.96. The number of azo groups is 1. The van der Waals surface area contributed by atoms with Crippen LogP contribution in [0.15, 0.2) is 52.7 Å². The van der Waals surface area contributed by atoms with Crippen molar-refractivity contribution in [3.63, 3.8) is 0 Å². The van der Waals surface area contributed by atoms with Gasteiger partial charge in [0.25, 0.3) is 5.69 Å². The number of rotatable bonds is 8. The first-order valence-corrected chi connectivity index (χ1v) is 7.86. The number of aliphatic hydroxyl groups excluding tert-OH is 2. The van der Waals surface area contributed by atoms with Crippen LogP contribution < -0.4 is 4.90 Å². The maximum absolute atomic E-state index is 11.0. The molecule has 0 atom stereocenters. The molecule has 25 heavy (non-hydrogen) atoms. The fourth-order valence-electron chi connectivity index (χ4n) is 2.20. The molecule has 2 aromatic carbocycles. The summed E-state index contributed by atoms with van der Waals surface area (Å²) in [6, 6.07) is 11.0. The molecule has 0 aromatic heterocycles. The van der Waals surface area contributed by atoms with Crippen molar-refractivity contribution in [1.29, 1.82) is 0 Å². The average molecular weight is 365 g/mol. The van der Waals surface area contributed by atoms with E-state index in [-0.39, 0.29) is 24.6 Å². The largest absolute Gasteiger partial charge is 0.395 e. The summed E-state index contributed by atoms with van der Waals surface area (Å²) < 4.78 is 0.